The molecule has 6 heteroatoms. The van der Waals surface area contributed by atoms with Crippen molar-refractivity contribution in [2.45, 2.75) is 6.54 Å². The van der Waals surface area contributed by atoms with Crippen molar-refractivity contribution in [3.8, 4) is 0 Å². The second kappa shape index (κ2) is 6.24. The maximum Gasteiger partial charge on any atom is 0.337 e. The second-order valence-corrected chi connectivity index (χ2v) is 5.65. The first-order valence-corrected chi connectivity index (χ1v) is 7.88. The van der Waals surface area contributed by atoms with E-state index in [0.717, 1.165) is 28.6 Å². The Bertz CT molecular complexity index is 879. The van der Waals surface area contributed by atoms with E-state index in [0.29, 0.717) is 12.1 Å². The lowest BCUT2D eigenvalue weighted by Gasteiger charge is -2.31. The number of methoxy groups -OCH3 is 1. The molecule has 0 bridgehead atoms. The van der Waals surface area contributed by atoms with Gasteiger partial charge in [-0.1, -0.05) is 24.3 Å². The molecule has 124 valence electrons. The normalized spacial score (nSPS) is 12.0. The molecule has 2 aromatic carbocycles. The standard InChI is InChI=1S/C19H16N4O2/c1-25-19(24)14-8-6-13(7-9-14)12-23-16-5-3-2-4-15(16)22-17-18(23)21-11-10-20-17/h2-11H,12H2,1H3,(H,20,22). The monoisotopic (exact) mass is 332 g/mol. The number of carbonyl (C=O) groups excluding carboxylic acids is 1. The highest BCUT2D eigenvalue weighted by atomic mass is 16.5. The van der Waals surface area contributed by atoms with Crippen LogP contribution in [0.5, 0.6) is 0 Å². The average molecular weight is 332 g/mol. The molecule has 0 unspecified atom stereocenters. The van der Waals surface area contributed by atoms with Crippen LogP contribution in [0.4, 0.5) is 23.0 Å². The maximum absolute atomic E-state index is 11.6. The number of fused-ring (bicyclic) bond motifs is 2. The third kappa shape index (κ3) is 2.78. The van der Waals surface area contributed by atoms with E-state index in [1.165, 1.54) is 7.11 Å². The minimum absolute atomic E-state index is 0.338. The van der Waals surface area contributed by atoms with Gasteiger partial charge in [-0.15, -0.1) is 0 Å². The third-order valence-electron chi connectivity index (χ3n) is 4.10. The molecule has 1 N–H and O–H groups in total. The summed E-state index contributed by atoms with van der Waals surface area (Å²) in [6.45, 7) is 0.617. The Balaban J connectivity index is 1.69. The zero-order valence-corrected chi connectivity index (χ0v) is 13.6. The van der Waals surface area contributed by atoms with Crippen molar-refractivity contribution in [2.24, 2.45) is 0 Å². The number of carbonyl (C=O) groups is 1. The summed E-state index contributed by atoms with van der Waals surface area (Å²) in [5.74, 6) is 1.17. The molecular weight excluding hydrogens is 316 g/mol. The summed E-state index contributed by atoms with van der Waals surface area (Å²) in [5.41, 5.74) is 3.61. The number of aromatic nitrogens is 2. The maximum atomic E-state index is 11.6. The van der Waals surface area contributed by atoms with Crippen molar-refractivity contribution in [3.63, 3.8) is 0 Å². The van der Waals surface area contributed by atoms with Crippen LogP contribution in [-0.4, -0.2) is 23.0 Å². The molecule has 0 spiro atoms. The first-order chi connectivity index (χ1) is 12.3. The van der Waals surface area contributed by atoms with Crippen LogP contribution in [0.25, 0.3) is 0 Å². The number of esters is 1. The van der Waals surface area contributed by atoms with Crippen molar-refractivity contribution in [1.29, 1.82) is 0 Å². The average Bonchev–Trinajstić information content (AvgIpc) is 2.67. The number of nitrogens with zero attached hydrogens (tertiary/aromatic N) is 3. The lowest BCUT2D eigenvalue weighted by atomic mass is 10.1. The van der Waals surface area contributed by atoms with Crippen LogP contribution >= 0.6 is 0 Å². The summed E-state index contributed by atoms with van der Waals surface area (Å²) in [5, 5.41) is 3.31. The van der Waals surface area contributed by atoms with E-state index >= 15 is 0 Å². The van der Waals surface area contributed by atoms with Crippen LogP contribution in [-0.2, 0) is 11.3 Å². The van der Waals surface area contributed by atoms with E-state index in [-0.39, 0.29) is 5.97 Å². The number of hydrogen-bond acceptors (Lipinski definition) is 6. The van der Waals surface area contributed by atoms with Gasteiger partial charge in [0.1, 0.15) is 0 Å². The number of rotatable bonds is 3. The SMILES string of the molecule is COC(=O)c1ccc(CN2c3ccccc3Nc3nccnc32)cc1. The second-order valence-electron chi connectivity index (χ2n) is 5.65. The summed E-state index contributed by atoms with van der Waals surface area (Å²) < 4.78 is 4.74. The van der Waals surface area contributed by atoms with Crippen molar-refractivity contribution in [1.82, 2.24) is 9.97 Å². The van der Waals surface area contributed by atoms with E-state index < -0.39 is 0 Å². The molecule has 0 saturated carbocycles. The number of hydrogen-bond donors (Lipinski definition) is 1. The molecule has 1 aliphatic rings. The Hall–Kier alpha value is -3.41. The molecule has 0 atom stereocenters. The highest BCUT2D eigenvalue weighted by Crippen LogP contribution is 2.41. The van der Waals surface area contributed by atoms with Crippen LogP contribution in [0.3, 0.4) is 0 Å². The number of nitrogens with one attached hydrogen (secondary N) is 1. The minimum Gasteiger partial charge on any atom is -0.465 e. The zero-order chi connectivity index (χ0) is 17.2. The number of ether oxygens (including phenoxy) is 1. The highest BCUT2D eigenvalue weighted by Gasteiger charge is 2.24. The van der Waals surface area contributed by atoms with E-state index in [1.807, 2.05) is 36.4 Å². The van der Waals surface area contributed by atoms with Crippen LogP contribution in [0, 0.1) is 0 Å². The Morgan fingerprint density at radius 1 is 1.08 bits per heavy atom. The van der Waals surface area contributed by atoms with Gasteiger partial charge >= 0.3 is 5.97 Å². The van der Waals surface area contributed by atoms with E-state index in [4.69, 9.17) is 4.74 Å². The minimum atomic E-state index is -0.338. The van der Waals surface area contributed by atoms with Gasteiger partial charge in [0, 0.05) is 18.9 Å². The number of para-hydroxylation sites is 2. The Morgan fingerprint density at radius 2 is 1.84 bits per heavy atom. The summed E-state index contributed by atoms with van der Waals surface area (Å²) in [4.78, 5) is 22.6. The molecule has 0 fully saturated rings. The van der Waals surface area contributed by atoms with Gasteiger partial charge in [0.05, 0.1) is 24.0 Å². The van der Waals surface area contributed by atoms with Gasteiger partial charge in [-0.2, -0.15) is 0 Å². The first kappa shape index (κ1) is 15.1. The molecule has 0 aliphatic carbocycles. The lowest BCUT2D eigenvalue weighted by Crippen LogP contribution is -2.24. The van der Waals surface area contributed by atoms with Crippen LogP contribution in [0.15, 0.2) is 60.9 Å². The summed E-state index contributed by atoms with van der Waals surface area (Å²) in [6.07, 6.45) is 3.35. The van der Waals surface area contributed by atoms with Gasteiger partial charge in [0.15, 0.2) is 11.6 Å². The molecule has 3 aromatic rings. The van der Waals surface area contributed by atoms with Gasteiger partial charge in [-0.3, -0.25) is 0 Å². The molecular formula is C19H16N4O2. The predicted octanol–water partition coefficient (Wildman–Crippen LogP) is 3.66. The number of benzene rings is 2. The Morgan fingerprint density at radius 3 is 2.64 bits per heavy atom. The van der Waals surface area contributed by atoms with Gasteiger partial charge in [0.2, 0.25) is 0 Å². The molecule has 4 rings (SSSR count). The van der Waals surface area contributed by atoms with Crippen molar-refractivity contribution in [2.75, 3.05) is 17.3 Å². The summed E-state index contributed by atoms with van der Waals surface area (Å²) in [7, 11) is 1.38. The molecule has 2 heterocycles. The van der Waals surface area contributed by atoms with Gasteiger partial charge < -0.3 is 15.0 Å². The van der Waals surface area contributed by atoms with Gasteiger partial charge in [-0.05, 0) is 29.8 Å². The zero-order valence-electron chi connectivity index (χ0n) is 13.6. The highest BCUT2D eigenvalue weighted by molar-refractivity contribution is 5.89. The Kier molecular flexibility index (Phi) is 3.78. The van der Waals surface area contributed by atoms with Crippen LogP contribution < -0.4 is 10.2 Å². The number of anilines is 4. The first-order valence-electron chi connectivity index (χ1n) is 7.88. The summed E-state index contributed by atoms with van der Waals surface area (Å²) in [6, 6.07) is 15.4. The molecule has 1 aromatic heterocycles. The fraction of sp³-hybridized carbons (Fsp3) is 0.105. The molecule has 6 nitrogen and oxygen atoms in total. The van der Waals surface area contributed by atoms with Crippen LogP contribution in [0.1, 0.15) is 15.9 Å². The molecule has 25 heavy (non-hydrogen) atoms. The van der Waals surface area contributed by atoms with Crippen LogP contribution in [0.2, 0.25) is 0 Å². The molecule has 0 amide bonds. The topological polar surface area (TPSA) is 67.3 Å². The molecule has 0 radical (unpaired) electrons. The largest absolute Gasteiger partial charge is 0.465 e. The molecule has 1 aliphatic heterocycles. The fourth-order valence-electron chi connectivity index (χ4n) is 2.88. The quantitative estimate of drug-likeness (QED) is 0.738. The Labute approximate surface area is 145 Å². The van der Waals surface area contributed by atoms with E-state index in [1.54, 1.807) is 24.5 Å². The van der Waals surface area contributed by atoms with Crippen molar-refractivity contribution < 1.29 is 9.53 Å². The fourth-order valence-corrected chi connectivity index (χ4v) is 2.88. The lowest BCUT2D eigenvalue weighted by molar-refractivity contribution is 0.0600. The summed E-state index contributed by atoms with van der Waals surface area (Å²) >= 11 is 0. The smallest absolute Gasteiger partial charge is 0.337 e. The van der Waals surface area contributed by atoms with Crippen molar-refractivity contribution in [3.05, 3.63) is 72.1 Å². The van der Waals surface area contributed by atoms with Crippen molar-refractivity contribution >= 4 is 29.0 Å². The van der Waals surface area contributed by atoms with Gasteiger partial charge in [0.25, 0.3) is 0 Å². The third-order valence-corrected chi connectivity index (χ3v) is 4.10. The van der Waals surface area contributed by atoms with E-state index in [9.17, 15) is 4.79 Å². The molecule has 0 saturated heterocycles. The van der Waals surface area contributed by atoms with Gasteiger partial charge in [-0.25, -0.2) is 14.8 Å². The van der Waals surface area contributed by atoms with E-state index in [2.05, 4.69) is 20.2 Å². The predicted molar refractivity (Wildman–Crippen MR) is 95.4 cm³/mol.